The molecular weight excluding hydrogens is 340 g/mol. The molecule has 1 aliphatic heterocycles. The molecule has 0 bridgehead atoms. The first kappa shape index (κ1) is 24.1. The molecule has 0 N–H and O–H groups in total. The molecular formula is C18H37ClN4O2. The minimum absolute atomic E-state index is 0. The van der Waals surface area contributed by atoms with Gasteiger partial charge >= 0.3 is 0 Å². The Morgan fingerprint density at radius 2 is 0.960 bits per heavy atom. The zero-order valence-electron chi connectivity index (χ0n) is 16.5. The summed E-state index contributed by atoms with van der Waals surface area (Å²) in [7, 11) is 0. The van der Waals surface area contributed by atoms with Gasteiger partial charge in [0.05, 0.1) is 0 Å². The summed E-state index contributed by atoms with van der Waals surface area (Å²) in [6.07, 6.45) is 1.16. The molecule has 148 valence electrons. The lowest BCUT2D eigenvalue weighted by Gasteiger charge is -2.35. The highest BCUT2D eigenvalue weighted by molar-refractivity contribution is 5.85. The van der Waals surface area contributed by atoms with E-state index in [1.807, 2.05) is 9.80 Å². The van der Waals surface area contributed by atoms with Crippen LogP contribution in [0.2, 0.25) is 0 Å². The predicted molar refractivity (Wildman–Crippen MR) is 105 cm³/mol. The van der Waals surface area contributed by atoms with Crippen LogP contribution in [0.15, 0.2) is 0 Å². The number of carbonyl (C=O) groups excluding carboxylic acids is 2. The van der Waals surface area contributed by atoms with Crippen LogP contribution in [-0.4, -0.2) is 96.9 Å². The first-order valence-electron chi connectivity index (χ1n) is 9.55. The topological polar surface area (TPSA) is 47.1 Å². The van der Waals surface area contributed by atoms with Crippen LogP contribution >= 0.6 is 12.4 Å². The Morgan fingerprint density at radius 3 is 1.20 bits per heavy atom. The zero-order chi connectivity index (χ0) is 17.9. The Bertz CT molecular complexity index is 343. The molecule has 6 nitrogen and oxygen atoms in total. The Hall–Kier alpha value is -0.850. The fourth-order valence-corrected chi connectivity index (χ4v) is 3.11. The lowest BCUT2D eigenvalue weighted by molar-refractivity contribution is -0.139. The molecule has 0 atom stereocenters. The second kappa shape index (κ2) is 13.4. The summed E-state index contributed by atoms with van der Waals surface area (Å²) < 4.78 is 0. The number of rotatable bonds is 10. The number of hydrogen-bond acceptors (Lipinski definition) is 4. The summed E-state index contributed by atoms with van der Waals surface area (Å²) in [5.41, 5.74) is 0. The molecule has 1 aliphatic rings. The Kier molecular flexibility index (Phi) is 12.9. The molecule has 0 aromatic heterocycles. The third-order valence-corrected chi connectivity index (χ3v) is 5.06. The van der Waals surface area contributed by atoms with Gasteiger partial charge in [0, 0.05) is 52.1 Å². The first-order valence-corrected chi connectivity index (χ1v) is 9.55. The Morgan fingerprint density at radius 1 is 0.680 bits per heavy atom. The molecule has 1 saturated heterocycles. The van der Waals surface area contributed by atoms with E-state index in [1.165, 1.54) is 0 Å². The van der Waals surface area contributed by atoms with Gasteiger partial charge in [-0.25, -0.2) is 0 Å². The number of hydrogen-bond donors (Lipinski definition) is 0. The summed E-state index contributed by atoms with van der Waals surface area (Å²) in [5, 5.41) is 0. The fourth-order valence-electron chi connectivity index (χ4n) is 3.11. The fraction of sp³-hybridized carbons (Fsp3) is 0.889. The van der Waals surface area contributed by atoms with E-state index in [9.17, 15) is 9.59 Å². The summed E-state index contributed by atoms with van der Waals surface area (Å²) in [4.78, 5) is 33.0. The van der Waals surface area contributed by atoms with Gasteiger partial charge in [-0.2, -0.15) is 0 Å². The largest absolute Gasteiger partial charge is 0.339 e. The average molecular weight is 377 g/mol. The predicted octanol–water partition coefficient (Wildman–Crippen LogP) is 1.54. The van der Waals surface area contributed by atoms with E-state index < -0.39 is 0 Å². The minimum atomic E-state index is 0. The lowest BCUT2D eigenvalue weighted by Crippen LogP contribution is -2.51. The van der Waals surface area contributed by atoms with Crippen molar-refractivity contribution in [3.63, 3.8) is 0 Å². The van der Waals surface area contributed by atoms with E-state index in [0.29, 0.717) is 39.0 Å². The maximum absolute atomic E-state index is 12.3. The summed E-state index contributed by atoms with van der Waals surface area (Å²) >= 11 is 0. The molecule has 1 rings (SSSR count). The van der Waals surface area contributed by atoms with Gasteiger partial charge in [-0.3, -0.25) is 9.59 Å². The molecule has 0 unspecified atom stereocenters. The van der Waals surface area contributed by atoms with Gasteiger partial charge in [0.1, 0.15) is 0 Å². The maximum atomic E-state index is 12.3. The van der Waals surface area contributed by atoms with E-state index in [4.69, 9.17) is 0 Å². The van der Waals surface area contributed by atoms with Crippen LogP contribution in [0.25, 0.3) is 0 Å². The number of nitrogens with zero attached hydrogens (tertiary/aromatic N) is 4. The first-order chi connectivity index (χ1) is 11.5. The monoisotopic (exact) mass is 376 g/mol. The van der Waals surface area contributed by atoms with Crippen LogP contribution in [0.4, 0.5) is 0 Å². The van der Waals surface area contributed by atoms with Crippen LogP contribution in [0, 0.1) is 0 Å². The smallest absolute Gasteiger partial charge is 0.223 e. The molecule has 0 saturated carbocycles. The van der Waals surface area contributed by atoms with Crippen LogP contribution in [0.1, 0.15) is 40.5 Å². The van der Waals surface area contributed by atoms with Crippen LogP contribution < -0.4 is 0 Å². The second-order valence-electron chi connectivity index (χ2n) is 6.32. The molecule has 1 heterocycles. The summed E-state index contributed by atoms with van der Waals surface area (Å²) in [5.74, 6) is 0.439. The van der Waals surface area contributed by atoms with Crippen molar-refractivity contribution >= 4 is 24.2 Å². The number of halogens is 1. The van der Waals surface area contributed by atoms with Crippen LogP contribution in [-0.2, 0) is 9.59 Å². The van der Waals surface area contributed by atoms with Gasteiger partial charge in [-0.05, 0) is 26.2 Å². The standard InChI is InChI=1S/C18H36N4O2.ClH/c1-5-19(6-2)11-9-17(23)21-13-15-22(16-14-21)18(24)10-12-20(7-3)8-4;/h5-16H2,1-4H3;1H. The molecule has 1 fully saturated rings. The molecule has 0 aromatic carbocycles. The van der Waals surface area contributed by atoms with Gasteiger partial charge < -0.3 is 19.6 Å². The van der Waals surface area contributed by atoms with Crippen molar-refractivity contribution in [2.24, 2.45) is 0 Å². The van der Waals surface area contributed by atoms with Gasteiger partial charge in [0.2, 0.25) is 11.8 Å². The molecule has 0 aromatic rings. The quantitative estimate of drug-likeness (QED) is 0.580. The molecule has 0 spiro atoms. The maximum Gasteiger partial charge on any atom is 0.223 e. The van der Waals surface area contributed by atoms with Crippen molar-refractivity contribution in [3.8, 4) is 0 Å². The third-order valence-electron chi connectivity index (χ3n) is 5.06. The molecule has 2 amide bonds. The van der Waals surface area contributed by atoms with Crippen LogP contribution in [0.3, 0.4) is 0 Å². The van der Waals surface area contributed by atoms with Crippen LogP contribution in [0.5, 0.6) is 0 Å². The third kappa shape index (κ3) is 8.38. The lowest BCUT2D eigenvalue weighted by atomic mass is 10.2. The Labute approximate surface area is 159 Å². The molecule has 0 radical (unpaired) electrons. The van der Waals surface area contributed by atoms with Crippen molar-refractivity contribution in [1.29, 1.82) is 0 Å². The normalized spacial score (nSPS) is 14.8. The summed E-state index contributed by atoms with van der Waals surface area (Å²) in [6.45, 7) is 16.8. The Balaban J connectivity index is 0.00000576. The number of carbonyl (C=O) groups is 2. The van der Waals surface area contributed by atoms with E-state index in [-0.39, 0.29) is 24.2 Å². The second-order valence-corrected chi connectivity index (χ2v) is 6.32. The molecule has 25 heavy (non-hydrogen) atoms. The van der Waals surface area contributed by atoms with Gasteiger partial charge in [-0.15, -0.1) is 12.4 Å². The van der Waals surface area contributed by atoms with Crippen molar-refractivity contribution in [2.45, 2.75) is 40.5 Å². The van der Waals surface area contributed by atoms with E-state index in [1.54, 1.807) is 0 Å². The average Bonchev–Trinajstić information content (AvgIpc) is 2.63. The summed E-state index contributed by atoms with van der Waals surface area (Å²) in [6, 6.07) is 0. The number of amides is 2. The van der Waals surface area contributed by atoms with E-state index in [2.05, 4.69) is 37.5 Å². The number of piperazine rings is 1. The molecule has 0 aliphatic carbocycles. The van der Waals surface area contributed by atoms with E-state index >= 15 is 0 Å². The molecule has 7 heteroatoms. The zero-order valence-corrected chi connectivity index (χ0v) is 17.3. The van der Waals surface area contributed by atoms with Crippen molar-refractivity contribution < 1.29 is 9.59 Å². The highest BCUT2D eigenvalue weighted by atomic mass is 35.5. The van der Waals surface area contributed by atoms with Gasteiger partial charge in [0.25, 0.3) is 0 Å². The van der Waals surface area contributed by atoms with Crippen molar-refractivity contribution in [2.75, 3.05) is 65.4 Å². The minimum Gasteiger partial charge on any atom is -0.339 e. The highest BCUT2D eigenvalue weighted by Gasteiger charge is 2.24. The van der Waals surface area contributed by atoms with Gasteiger partial charge in [-0.1, -0.05) is 27.7 Å². The van der Waals surface area contributed by atoms with Crippen molar-refractivity contribution in [3.05, 3.63) is 0 Å². The van der Waals surface area contributed by atoms with Crippen molar-refractivity contribution in [1.82, 2.24) is 19.6 Å². The SMILES string of the molecule is CCN(CC)CCC(=O)N1CCN(C(=O)CCN(CC)CC)CC1.Cl. The highest BCUT2D eigenvalue weighted by Crippen LogP contribution is 2.07. The van der Waals surface area contributed by atoms with E-state index in [0.717, 1.165) is 39.3 Å². The van der Waals surface area contributed by atoms with Gasteiger partial charge in [0.15, 0.2) is 0 Å².